The standard InChI is InChI=1S/C17H30N2/c1-17(2,3)14-7-9-19(10-8-14)12-16-15-6-4-5-13(15)11-18-16/h7,13,15-16,18H,4-6,8-12H2,1-3H3. The van der Waals surface area contributed by atoms with Crippen molar-refractivity contribution in [3.63, 3.8) is 0 Å². The summed E-state index contributed by atoms with van der Waals surface area (Å²) >= 11 is 0. The molecule has 108 valence electrons. The molecule has 0 aromatic heterocycles. The van der Waals surface area contributed by atoms with Crippen molar-refractivity contribution in [2.24, 2.45) is 17.3 Å². The number of nitrogens with one attached hydrogen (secondary N) is 1. The van der Waals surface area contributed by atoms with Crippen LogP contribution in [0.1, 0.15) is 46.5 Å². The Hall–Kier alpha value is -0.340. The molecule has 0 bridgehead atoms. The molecule has 2 heterocycles. The Balaban J connectivity index is 1.54. The van der Waals surface area contributed by atoms with Crippen molar-refractivity contribution in [1.82, 2.24) is 10.2 Å². The van der Waals surface area contributed by atoms with Gasteiger partial charge in [-0.3, -0.25) is 4.90 Å². The molecule has 2 fully saturated rings. The average Bonchev–Trinajstić information content (AvgIpc) is 2.94. The molecule has 0 aromatic rings. The molecule has 0 aromatic carbocycles. The fourth-order valence-electron chi connectivity index (χ4n) is 4.34. The Morgan fingerprint density at radius 2 is 2.16 bits per heavy atom. The van der Waals surface area contributed by atoms with Crippen molar-refractivity contribution in [3.8, 4) is 0 Å². The number of nitrogens with zero attached hydrogens (tertiary/aromatic N) is 1. The Bertz CT molecular complexity index is 353. The Morgan fingerprint density at radius 3 is 2.84 bits per heavy atom. The SMILES string of the molecule is CC(C)(C)C1=CCN(CC2NCC3CCCC32)CC1. The summed E-state index contributed by atoms with van der Waals surface area (Å²) in [4.78, 5) is 2.66. The van der Waals surface area contributed by atoms with Gasteiger partial charge in [0, 0.05) is 25.7 Å². The zero-order valence-electron chi connectivity index (χ0n) is 12.9. The zero-order valence-corrected chi connectivity index (χ0v) is 12.9. The van der Waals surface area contributed by atoms with Crippen LogP contribution in [0.4, 0.5) is 0 Å². The molecule has 1 aliphatic carbocycles. The first-order chi connectivity index (χ1) is 9.04. The highest BCUT2D eigenvalue weighted by atomic mass is 15.2. The van der Waals surface area contributed by atoms with Gasteiger partial charge in [-0.25, -0.2) is 0 Å². The van der Waals surface area contributed by atoms with Crippen molar-refractivity contribution in [2.45, 2.75) is 52.5 Å². The molecule has 0 amide bonds. The topological polar surface area (TPSA) is 15.3 Å². The summed E-state index contributed by atoms with van der Waals surface area (Å²) in [6, 6.07) is 0.775. The molecule has 1 saturated carbocycles. The molecule has 3 unspecified atom stereocenters. The molecule has 0 spiro atoms. The molecule has 3 aliphatic rings. The molecule has 3 atom stereocenters. The predicted octanol–water partition coefficient (Wildman–Crippen LogP) is 3.05. The largest absolute Gasteiger partial charge is 0.312 e. The molecule has 2 heteroatoms. The maximum atomic E-state index is 3.79. The molecular formula is C17H30N2. The van der Waals surface area contributed by atoms with Crippen LogP contribution < -0.4 is 5.32 Å². The van der Waals surface area contributed by atoms with E-state index in [9.17, 15) is 0 Å². The van der Waals surface area contributed by atoms with E-state index in [0.29, 0.717) is 5.41 Å². The van der Waals surface area contributed by atoms with Crippen LogP contribution in [0, 0.1) is 17.3 Å². The fraction of sp³-hybridized carbons (Fsp3) is 0.882. The number of rotatable bonds is 2. The molecule has 1 saturated heterocycles. The van der Waals surface area contributed by atoms with Crippen LogP contribution in [-0.2, 0) is 0 Å². The van der Waals surface area contributed by atoms with Crippen molar-refractivity contribution >= 4 is 0 Å². The summed E-state index contributed by atoms with van der Waals surface area (Å²) in [5, 5.41) is 3.79. The Kier molecular flexibility index (Phi) is 3.74. The molecule has 2 nitrogen and oxygen atoms in total. The van der Waals surface area contributed by atoms with Crippen molar-refractivity contribution in [2.75, 3.05) is 26.2 Å². The first kappa shape index (κ1) is 13.6. The minimum Gasteiger partial charge on any atom is -0.312 e. The van der Waals surface area contributed by atoms with Crippen LogP contribution in [0.15, 0.2) is 11.6 Å². The third-order valence-electron chi connectivity index (χ3n) is 5.59. The molecule has 1 N–H and O–H groups in total. The van der Waals surface area contributed by atoms with Gasteiger partial charge in [-0.05, 0) is 43.1 Å². The van der Waals surface area contributed by atoms with E-state index in [1.54, 1.807) is 5.57 Å². The van der Waals surface area contributed by atoms with Gasteiger partial charge < -0.3 is 5.32 Å². The first-order valence-corrected chi connectivity index (χ1v) is 8.19. The Labute approximate surface area is 118 Å². The fourth-order valence-corrected chi connectivity index (χ4v) is 4.34. The van der Waals surface area contributed by atoms with Gasteiger partial charge in [0.1, 0.15) is 0 Å². The van der Waals surface area contributed by atoms with Gasteiger partial charge in [-0.15, -0.1) is 0 Å². The number of hydrogen-bond donors (Lipinski definition) is 1. The quantitative estimate of drug-likeness (QED) is 0.770. The van der Waals surface area contributed by atoms with Gasteiger partial charge >= 0.3 is 0 Å². The molecular weight excluding hydrogens is 232 g/mol. The van der Waals surface area contributed by atoms with Crippen LogP contribution >= 0.6 is 0 Å². The zero-order chi connectivity index (χ0) is 13.5. The third-order valence-corrected chi connectivity index (χ3v) is 5.59. The van der Waals surface area contributed by atoms with Crippen LogP contribution in [0.5, 0.6) is 0 Å². The summed E-state index contributed by atoms with van der Waals surface area (Å²) < 4.78 is 0. The monoisotopic (exact) mass is 262 g/mol. The summed E-state index contributed by atoms with van der Waals surface area (Å²) in [5.74, 6) is 1.98. The van der Waals surface area contributed by atoms with E-state index in [-0.39, 0.29) is 0 Å². The molecule has 3 rings (SSSR count). The van der Waals surface area contributed by atoms with E-state index in [4.69, 9.17) is 0 Å². The lowest BCUT2D eigenvalue weighted by Crippen LogP contribution is -2.42. The highest BCUT2D eigenvalue weighted by molar-refractivity contribution is 5.14. The first-order valence-electron chi connectivity index (χ1n) is 8.19. The molecule has 19 heavy (non-hydrogen) atoms. The van der Waals surface area contributed by atoms with E-state index >= 15 is 0 Å². The highest BCUT2D eigenvalue weighted by Gasteiger charge is 2.39. The lowest BCUT2D eigenvalue weighted by molar-refractivity contribution is 0.232. The predicted molar refractivity (Wildman–Crippen MR) is 81.2 cm³/mol. The number of hydrogen-bond acceptors (Lipinski definition) is 2. The molecule has 2 aliphatic heterocycles. The maximum Gasteiger partial charge on any atom is 0.0226 e. The summed E-state index contributed by atoms with van der Waals surface area (Å²) in [5.41, 5.74) is 2.02. The Morgan fingerprint density at radius 1 is 1.32 bits per heavy atom. The average molecular weight is 262 g/mol. The van der Waals surface area contributed by atoms with Crippen LogP contribution in [-0.4, -0.2) is 37.1 Å². The number of fused-ring (bicyclic) bond motifs is 1. The third kappa shape index (κ3) is 2.90. The van der Waals surface area contributed by atoms with Gasteiger partial charge in [-0.2, -0.15) is 0 Å². The smallest absolute Gasteiger partial charge is 0.0226 e. The normalized spacial score (nSPS) is 36.4. The minimum atomic E-state index is 0.369. The second kappa shape index (κ2) is 5.21. The lowest BCUT2D eigenvalue weighted by atomic mass is 9.83. The van der Waals surface area contributed by atoms with Gasteiger partial charge in [0.15, 0.2) is 0 Å². The maximum absolute atomic E-state index is 3.79. The summed E-state index contributed by atoms with van der Waals surface area (Å²) in [6.45, 7) is 12.0. The molecule has 0 radical (unpaired) electrons. The van der Waals surface area contributed by atoms with E-state index in [1.165, 1.54) is 51.9 Å². The van der Waals surface area contributed by atoms with Gasteiger partial charge in [-0.1, -0.05) is 38.8 Å². The van der Waals surface area contributed by atoms with Crippen LogP contribution in [0.2, 0.25) is 0 Å². The van der Waals surface area contributed by atoms with Crippen molar-refractivity contribution in [3.05, 3.63) is 11.6 Å². The van der Waals surface area contributed by atoms with E-state index in [0.717, 1.165) is 17.9 Å². The van der Waals surface area contributed by atoms with E-state index in [2.05, 4.69) is 37.1 Å². The second-order valence-electron chi connectivity index (χ2n) is 7.86. The van der Waals surface area contributed by atoms with Crippen molar-refractivity contribution < 1.29 is 0 Å². The van der Waals surface area contributed by atoms with E-state index < -0.39 is 0 Å². The van der Waals surface area contributed by atoms with Gasteiger partial charge in [0.05, 0.1) is 0 Å². The summed E-state index contributed by atoms with van der Waals surface area (Å²) in [6.07, 6.45) is 8.18. The lowest BCUT2D eigenvalue weighted by Gasteiger charge is -2.34. The second-order valence-corrected chi connectivity index (χ2v) is 7.86. The minimum absolute atomic E-state index is 0.369. The van der Waals surface area contributed by atoms with E-state index in [1.807, 2.05) is 0 Å². The van der Waals surface area contributed by atoms with Crippen LogP contribution in [0.25, 0.3) is 0 Å². The van der Waals surface area contributed by atoms with Crippen LogP contribution in [0.3, 0.4) is 0 Å². The van der Waals surface area contributed by atoms with Gasteiger partial charge in [0.2, 0.25) is 0 Å². The van der Waals surface area contributed by atoms with Gasteiger partial charge in [0.25, 0.3) is 0 Å². The summed E-state index contributed by atoms with van der Waals surface area (Å²) in [7, 11) is 0. The van der Waals surface area contributed by atoms with Crippen molar-refractivity contribution in [1.29, 1.82) is 0 Å². The highest BCUT2D eigenvalue weighted by Crippen LogP contribution is 2.38.